The minimum Gasteiger partial charge on any atom is -0.481 e. The maximum absolute atomic E-state index is 11.6. The number of rotatable bonds is 7. The Kier molecular flexibility index (Phi) is 5.70. The van der Waals surface area contributed by atoms with Gasteiger partial charge in [0, 0.05) is 31.8 Å². The summed E-state index contributed by atoms with van der Waals surface area (Å²) in [6.07, 6.45) is 1.23. The fourth-order valence-corrected chi connectivity index (χ4v) is 1.73. The van der Waals surface area contributed by atoms with Gasteiger partial charge in [-0.2, -0.15) is 5.10 Å². The van der Waals surface area contributed by atoms with Crippen LogP contribution in [0, 0.1) is 6.92 Å². The van der Waals surface area contributed by atoms with E-state index in [0.29, 0.717) is 0 Å². The normalized spacial score (nSPS) is 11.7. The van der Waals surface area contributed by atoms with E-state index >= 15 is 0 Å². The van der Waals surface area contributed by atoms with Gasteiger partial charge >= 0.3 is 18.0 Å². The van der Waals surface area contributed by atoms with Crippen molar-refractivity contribution in [3.63, 3.8) is 0 Å². The third kappa shape index (κ3) is 5.51. The molecule has 0 aromatic carbocycles. The van der Waals surface area contributed by atoms with Crippen LogP contribution in [-0.4, -0.2) is 44.0 Å². The van der Waals surface area contributed by atoms with Crippen molar-refractivity contribution in [2.24, 2.45) is 7.05 Å². The number of carboxylic acid groups (broad SMARTS) is 2. The Labute approximate surface area is 120 Å². The van der Waals surface area contributed by atoms with Gasteiger partial charge in [0.15, 0.2) is 0 Å². The van der Waals surface area contributed by atoms with Crippen LogP contribution in [0.5, 0.6) is 0 Å². The van der Waals surface area contributed by atoms with E-state index in [1.54, 1.807) is 24.9 Å². The number of carbonyl (C=O) groups excluding carboxylic acids is 1. The maximum Gasteiger partial charge on any atom is 0.326 e. The van der Waals surface area contributed by atoms with Crippen LogP contribution in [0.25, 0.3) is 0 Å². The van der Waals surface area contributed by atoms with E-state index < -0.39 is 24.0 Å². The summed E-state index contributed by atoms with van der Waals surface area (Å²) in [5.41, 5.74) is 1.57. The first-order valence-electron chi connectivity index (χ1n) is 6.27. The second-order valence-electron chi connectivity index (χ2n) is 4.56. The molecule has 0 spiro atoms. The van der Waals surface area contributed by atoms with Crippen molar-refractivity contribution in [1.82, 2.24) is 20.4 Å². The molecular weight excluding hydrogens is 280 g/mol. The number of nitrogens with zero attached hydrogens (tertiary/aromatic N) is 2. The quantitative estimate of drug-likeness (QED) is 0.553. The number of aliphatic carboxylic acids is 2. The summed E-state index contributed by atoms with van der Waals surface area (Å²) in [7, 11) is 1.75. The van der Waals surface area contributed by atoms with E-state index in [1.165, 1.54) is 0 Å². The summed E-state index contributed by atoms with van der Waals surface area (Å²) in [6.45, 7) is 2.00. The lowest BCUT2D eigenvalue weighted by Crippen LogP contribution is -2.46. The van der Waals surface area contributed by atoms with Gasteiger partial charge in [0.25, 0.3) is 0 Å². The summed E-state index contributed by atoms with van der Waals surface area (Å²) >= 11 is 0. The molecular formula is C12H18N4O5. The average molecular weight is 298 g/mol. The Morgan fingerprint density at radius 1 is 1.38 bits per heavy atom. The molecule has 1 aromatic rings. The van der Waals surface area contributed by atoms with Crippen LogP contribution in [-0.2, 0) is 23.2 Å². The van der Waals surface area contributed by atoms with Crippen LogP contribution < -0.4 is 10.6 Å². The molecule has 1 unspecified atom stereocenters. The van der Waals surface area contributed by atoms with Gasteiger partial charge in [0.05, 0.1) is 5.69 Å². The van der Waals surface area contributed by atoms with Crippen LogP contribution in [0.1, 0.15) is 24.1 Å². The molecule has 0 saturated heterocycles. The molecule has 21 heavy (non-hydrogen) atoms. The number of aromatic nitrogens is 2. The summed E-state index contributed by atoms with van der Waals surface area (Å²) in [5, 5.41) is 26.3. The predicted molar refractivity (Wildman–Crippen MR) is 71.6 cm³/mol. The summed E-state index contributed by atoms with van der Waals surface area (Å²) in [4.78, 5) is 33.0. The zero-order valence-corrected chi connectivity index (χ0v) is 11.8. The number of carboxylic acids is 2. The average Bonchev–Trinajstić information content (AvgIpc) is 2.69. The monoisotopic (exact) mass is 298 g/mol. The molecule has 1 aromatic heterocycles. The molecule has 0 aliphatic heterocycles. The molecule has 2 amide bonds. The summed E-state index contributed by atoms with van der Waals surface area (Å²) in [6, 6.07) is -1.91. The third-order valence-corrected chi connectivity index (χ3v) is 2.80. The van der Waals surface area contributed by atoms with Crippen LogP contribution in [0.4, 0.5) is 4.79 Å². The van der Waals surface area contributed by atoms with Crippen molar-refractivity contribution in [3.05, 3.63) is 17.5 Å². The molecule has 4 N–H and O–H groups in total. The largest absolute Gasteiger partial charge is 0.481 e. The Morgan fingerprint density at radius 3 is 2.52 bits per heavy atom. The van der Waals surface area contributed by atoms with Crippen LogP contribution in [0.3, 0.4) is 0 Å². The number of hydrogen-bond acceptors (Lipinski definition) is 4. The lowest BCUT2D eigenvalue weighted by Gasteiger charge is -2.14. The van der Waals surface area contributed by atoms with E-state index in [0.717, 1.165) is 11.3 Å². The molecule has 0 saturated carbocycles. The number of nitrogens with one attached hydrogen (secondary N) is 2. The Balaban J connectivity index is 2.48. The number of urea groups is 1. The smallest absolute Gasteiger partial charge is 0.326 e. The highest BCUT2D eigenvalue weighted by molar-refractivity contribution is 5.83. The molecule has 9 heteroatoms. The SMILES string of the molecule is Cc1nn(C)cc1CNC(=O)NC(CCC(=O)O)C(=O)O. The second-order valence-corrected chi connectivity index (χ2v) is 4.56. The van der Waals surface area contributed by atoms with Crippen LogP contribution in [0.15, 0.2) is 6.20 Å². The van der Waals surface area contributed by atoms with E-state index in [2.05, 4.69) is 15.7 Å². The third-order valence-electron chi connectivity index (χ3n) is 2.80. The standard InChI is InChI=1S/C12H18N4O5/c1-7-8(6-16(2)15-7)5-13-12(21)14-9(11(19)20)3-4-10(17)18/h6,9H,3-5H2,1-2H3,(H,17,18)(H,19,20)(H2,13,14,21). The van der Waals surface area contributed by atoms with Crippen molar-refractivity contribution in [1.29, 1.82) is 0 Å². The molecule has 0 radical (unpaired) electrons. The fourth-order valence-electron chi connectivity index (χ4n) is 1.73. The molecule has 116 valence electrons. The number of aryl methyl sites for hydroxylation is 2. The zero-order chi connectivity index (χ0) is 16.0. The molecule has 0 bridgehead atoms. The molecule has 0 aliphatic rings. The topological polar surface area (TPSA) is 134 Å². The van der Waals surface area contributed by atoms with Crippen molar-refractivity contribution in [3.8, 4) is 0 Å². The molecule has 9 nitrogen and oxygen atoms in total. The number of carbonyl (C=O) groups is 3. The van der Waals surface area contributed by atoms with Gasteiger partial charge in [-0.25, -0.2) is 9.59 Å². The van der Waals surface area contributed by atoms with Crippen molar-refractivity contribution in [2.75, 3.05) is 0 Å². The highest BCUT2D eigenvalue weighted by Gasteiger charge is 2.20. The van der Waals surface area contributed by atoms with Crippen LogP contribution >= 0.6 is 0 Å². The zero-order valence-electron chi connectivity index (χ0n) is 11.8. The van der Waals surface area contributed by atoms with Gasteiger partial charge in [-0.15, -0.1) is 0 Å². The second kappa shape index (κ2) is 7.27. The Hall–Kier alpha value is -2.58. The highest BCUT2D eigenvalue weighted by Crippen LogP contribution is 2.04. The van der Waals surface area contributed by atoms with E-state index in [-0.39, 0.29) is 19.4 Å². The predicted octanol–water partition coefficient (Wildman–Crippen LogP) is -0.154. The van der Waals surface area contributed by atoms with Crippen molar-refractivity contribution >= 4 is 18.0 Å². The van der Waals surface area contributed by atoms with Gasteiger partial charge in [0.1, 0.15) is 6.04 Å². The minimum absolute atomic E-state index is 0.177. The first-order valence-corrected chi connectivity index (χ1v) is 6.27. The van der Waals surface area contributed by atoms with Gasteiger partial charge in [0.2, 0.25) is 0 Å². The minimum atomic E-state index is -1.27. The molecule has 0 fully saturated rings. The van der Waals surface area contributed by atoms with Gasteiger partial charge in [-0.1, -0.05) is 0 Å². The maximum atomic E-state index is 11.6. The Bertz CT molecular complexity index is 540. The lowest BCUT2D eigenvalue weighted by atomic mass is 10.1. The first-order chi connectivity index (χ1) is 9.79. The van der Waals surface area contributed by atoms with Crippen LogP contribution in [0.2, 0.25) is 0 Å². The van der Waals surface area contributed by atoms with E-state index in [4.69, 9.17) is 10.2 Å². The number of amides is 2. The summed E-state index contributed by atoms with van der Waals surface area (Å²) in [5.74, 6) is -2.39. The Morgan fingerprint density at radius 2 is 2.05 bits per heavy atom. The fraction of sp³-hybridized carbons (Fsp3) is 0.500. The van der Waals surface area contributed by atoms with Crippen molar-refractivity contribution in [2.45, 2.75) is 32.4 Å². The molecule has 1 rings (SSSR count). The molecule has 1 atom stereocenters. The first kappa shape index (κ1) is 16.5. The van der Waals surface area contributed by atoms with E-state index in [9.17, 15) is 14.4 Å². The van der Waals surface area contributed by atoms with Crippen molar-refractivity contribution < 1.29 is 24.6 Å². The van der Waals surface area contributed by atoms with Gasteiger partial charge < -0.3 is 20.8 Å². The molecule has 1 heterocycles. The summed E-state index contributed by atoms with van der Waals surface area (Å²) < 4.78 is 1.61. The van der Waals surface area contributed by atoms with Gasteiger partial charge in [-0.3, -0.25) is 9.48 Å². The molecule has 0 aliphatic carbocycles. The van der Waals surface area contributed by atoms with E-state index in [1.807, 2.05) is 0 Å². The van der Waals surface area contributed by atoms with Gasteiger partial charge in [-0.05, 0) is 13.3 Å². The number of hydrogen-bond donors (Lipinski definition) is 4. The lowest BCUT2D eigenvalue weighted by molar-refractivity contribution is -0.140. The highest BCUT2D eigenvalue weighted by atomic mass is 16.4.